The molecule has 27 heavy (non-hydrogen) atoms. The molecule has 1 saturated carbocycles. The van der Waals surface area contributed by atoms with Gasteiger partial charge >= 0.3 is 12.0 Å². The molecule has 1 aromatic carbocycles. The second-order valence-electron chi connectivity index (χ2n) is 7.65. The van der Waals surface area contributed by atoms with Gasteiger partial charge < -0.3 is 15.3 Å². The van der Waals surface area contributed by atoms with Gasteiger partial charge in [-0.3, -0.25) is 9.10 Å². The Morgan fingerprint density at radius 2 is 2.07 bits per heavy atom. The van der Waals surface area contributed by atoms with Gasteiger partial charge in [0.05, 0.1) is 16.9 Å². The summed E-state index contributed by atoms with van der Waals surface area (Å²) in [6, 6.07) is 6.42. The number of amides is 2. The molecule has 146 valence electrons. The normalized spacial score (nSPS) is 29.0. The molecule has 0 aromatic heterocycles. The summed E-state index contributed by atoms with van der Waals surface area (Å²) >= 11 is 0. The number of carbonyl (C=O) groups excluding carboxylic acids is 1. The summed E-state index contributed by atoms with van der Waals surface area (Å²) in [7, 11) is -3.28. The SMILES string of the molecule is O=C(Nc1cccc(N2CCCS2(=O)=O)c1)N1C[C@@H]2CCC[C@@]2(C(=O)O)C1. The molecule has 3 fully saturated rings. The summed E-state index contributed by atoms with van der Waals surface area (Å²) in [6.45, 7) is 1.10. The van der Waals surface area contributed by atoms with Crippen LogP contribution in [0.3, 0.4) is 0 Å². The molecule has 2 heterocycles. The monoisotopic (exact) mass is 393 g/mol. The molecule has 2 saturated heterocycles. The number of nitrogens with one attached hydrogen (secondary N) is 1. The lowest BCUT2D eigenvalue weighted by Crippen LogP contribution is -2.38. The largest absolute Gasteiger partial charge is 0.481 e. The van der Waals surface area contributed by atoms with E-state index in [4.69, 9.17) is 0 Å². The van der Waals surface area contributed by atoms with Gasteiger partial charge in [0, 0.05) is 25.3 Å². The van der Waals surface area contributed by atoms with Crippen molar-refractivity contribution in [1.82, 2.24) is 4.90 Å². The molecule has 0 unspecified atom stereocenters. The van der Waals surface area contributed by atoms with Crippen LogP contribution in [0.1, 0.15) is 25.7 Å². The highest BCUT2D eigenvalue weighted by molar-refractivity contribution is 7.93. The van der Waals surface area contributed by atoms with E-state index >= 15 is 0 Å². The number of rotatable bonds is 3. The van der Waals surface area contributed by atoms with Crippen molar-refractivity contribution >= 4 is 33.4 Å². The molecule has 1 aromatic rings. The van der Waals surface area contributed by atoms with Crippen molar-refractivity contribution < 1.29 is 23.1 Å². The lowest BCUT2D eigenvalue weighted by molar-refractivity contribution is -0.149. The lowest BCUT2D eigenvalue weighted by atomic mass is 9.81. The van der Waals surface area contributed by atoms with Crippen LogP contribution in [0.4, 0.5) is 16.2 Å². The molecule has 1 aliphatic carbocycles. The third-order valence-electron chi connectivity index (χ3n) is 6.07. The summed E-state index contributed by atoms with van der Waals surface area (Å²) in [5.41, 5.74) is 0.217. The molecule has 2 atom stereocenters. The van der Waals surface area contributed by atoms with Crippen LogP contribution in [0, 0.1) is 11.3 Å². The first-order chi connectivity index (χ1) is 12.8. The fourth-order valence-electron chi connectivity index (χ4n) is 4.66. The van der Waals surface area contributed by atoms with Crippen LogP contribution in [0.2, 0.25) is 0 Å². The van der Waals surface area contributed by atoms with Gasteiger partial charge in [0.25, 0.3) is 0 Å². The Morgan fingerprint density at radius 3 is 2.74 bits per heavy atom. The zero-order valence-corrected chi connectivity index (χ0v) is 15.7. The number of urea groups is 1. The molecule has 0 spiro atoms. The molecule has 2 aliphatic heterocycles. The van der Waals surface area contributed by atoms with Crippen molar-refractivity contribution in [2.45, 2.75) is 25.7 Å². The van der Waals surface area contributed by atoms with Crippen molar-refractivity contribution in [1.29, 1.82) is 0 Å². The van der Waals surface area contributed by atoms with Crippen LogP contribution in [0.25, 0.3) is 0 Å². The number of hydrogen-bond acceptors (Lipinski definition) is 4. The van der Waals surface area contributed by atoms with E-state index in [9.17, 15) is 23.1 Å². The van der Waals surface area contributed by atoms with Crippen molar-refractivity contribution in [3.63, 3.8) is 0 Å². The molecule has 2 amide bonds. The Labute approximate surface area is 158 Å². The van der Waals surface area contributed by atoms with E-state index in [1.165, 1.54) is 4.31 Å². The van der Waals surface area contributed by atoms with E-state index in [-0.39, 0.29) is 24.2 Å². The first-order valence-electron chi connectivity index (χ1n) is 9.22. The quantitative estimate of drug-likeness (QED) is 0.816. The highest BCUT2D eigenvalue weighted by Gasteiger charge is 2.55. The van der Waals surface area contributed by atoms with Crippen molar-refractivity contribution in [3.8, 4) is 0 Å². The van der Waals surface area contributed by atoms with E-state index in [1.807, 2.05) is 0 Å². The minimum Gasteiger partial charge on any atom is -0.481 e. The maximum atomic E-state index is 12.7. The molecular weight excluding hydrogens is 370 g/mol. The fourth-order valence-corrected chi connectivity index (χ4v) is 6.22. The average Bonchev–Trinajstić information content (AvgIpc) is 3.26. The summed E-state index contributed by atoms with van der Waals surface area (Å²) in [6.07, 6.45) is 2.92. The van der Waals surface area contributed by atoms with Crippen molar-refractivity contribution in [2.24, 2.45) is 11.3 Å². The standard InChI is InChI=1S/C18H23N3O5S/c22-16(23)18-7-2-4-13(18)11-20(12-18)17(24)19-14-5-1-6-15(10-14)21-8-3-9-27(21,25)26/h1,5-6,10,13H,2-4,7-9,11-12H2,(H,19,24)(H,22,23)/t13-,18+/m0/s1. The molecule has 8 nitrogen and oxygen atoms in total. The fraction of sp³-hybridized carbons (Fsp3) is 0.556. The zero-order chi connectivity index (χ0) is 19.2. The molecule has 2 N–H and O–H groups in total. The number of carboxylic acid groups (broad SMARTS) is 1. The molecule has 0 bridgehead atoms. The highest BCUT2D eigenvalue weighted by Crippen LogP contribution is 2.49. The number of fused-ring (bicyclic) bond motifs is 1. The number of carboxylic acids is 1. The van der Waals surface area contributed by atoms with E-state index < -0.39 is 21.4 Å². The van der Waals surface area contributed by atoms with Crippen LogP contribution >= 0.6 is 0 Å². The van der Waals surface area contributed by atoms with Gasteiger partial charge in [-0.05, 0) is 43.4 Å². The van der Waals surface area contributed by atoms with E-state index in [1.54, 1.807) is 29.2 Å². The summed E-state index contributed by atoms with van der Waals surface area (Å²) < 4.78 is 25.5. The molecule has 9 heteroatoms. The first kappa shape index (κ1) is 18.1. The summed E-state index contributed by atoms with van der Waals surface area (Å²) in [5.74, 6) is -0.681. The van der Waals surface area contributed by atoms with Crippen LogP contribution in [-0.2, 0) is 14.8 Å². The van der Waals surface area contributed by atoms with Crippen LogP contribution < -0.4 is 9.62 Å². The summed E-state index contributed by atoms with van der Waals surface area (Å²) in [5, 5.41) is 12.4. The topological polar surface area (TPSA) is 107 Å². The number of nitrogens with zero attached hydrogens (tertiary/aromatic N) is 2. The highest BCUT2D eigenvalue weighted by atomic mass is 32.2. The van der Waals surface area contributed by atoms with Crippen molar-refractivity contribution in [3.05, 3.63) is 24.3 Å². The number of hydrogen-bond donors (Lipinski definition) is 2. The Bertz CT molecular complexity index is 887. The first-order valence-corrected chi connectivity index (χ1v) is 10.8. The molecule has 3 aliphatic rings. The minimum absolute atomic E-state index is 0.00169. The van der Waals surface area contributed by atoms with Gasteiger partial charge in [-0.15, -0.1) is 0 Å². The van der Waals surface area contributed by atoms with E-state index in [0.29, 0.717) is 37.3 Å². The second-order valence-corrected chi connectivity index (χ2v) is 9.67. The lowest BCUT2D eigenvalue weighted by Gasteiger charge is -2.23. The average molecular weight is 393 g/mol. The maximum absolute atomic E-state index is 12.7. The van der Waals surface area contributed by atoms with Gasteiger partial charge in [-0.25, -0.2) is 13.2 Å². The van der Waals surface area contributed by atoms with Gasteiger partial charge in [0.2, 0.25) is 10.0 Å². The van der Waals surface area contributed by atoms with Gasteiger partial charge in [0.15, 0.2) is 0 Å². The molecule has 0 radical (unpaired) electrons. The molecule has 4 rings (SSSR count). The number of aliphatic carboxylic acids is 1. The van der Waals surface area contributed by atoms with Crippen LogP contribution in [0.15, 0.2) is 24.3 Å². The molecular formula is C18H23N3O5S. The van der Waals surface area contributed by atoms with E-state index in [2.05, 4.69) is 5.32 Å². The van der Waals surface area contributed by atoms with Crippen LogP contribution in [0.5, 0.6) is 0 Å². The maximum Gasteiger partial charge on any atom is 0.321 e. The van der Waals surface area contributed by atoms with Crippen molar-refractivity contribution in [2.75, 3.05) is 35.0 Å². The summed E-state index contributed by atoms with van der Waals surface area (Å²) in [4.78, 5) is 26.0. The zero-order valence-electron chi connectivity index (χ0n) is 14.9. The number of likely N-dealkylation sites (tertiary alicyclic amines) is 1. The Hall–Kier alpha value is -2.29. The third-order valence-corrected chi connectivity index (χ3v) is 7.94. The third kappa shape index (κ3) is 3.03. The van der Waals surface area contributed by atoms with Crippen LogP contribution in [-0.4, -0.2) is 55.8 Å². The Morgan fingerprint density at radius 1 is 1.26 bits per heavy atom. The number of anilines is 2. The predicted molar refractivity (Wildman–Crippen MR) is 100 cm³/mol. The van der Waals surface area contributed by atoms with E-state index in [0.717, 1.165) is 12.8 Å². The second kappa shape index (κ2) is 6.40. The number of sulfonamides is 1. The minimum atomic E-state index is -3.28. The number of carbonyl (C=O) groups is 2. The Kier molecular flexibility index (Phi) is 4.29. The van der Waals surface area contributed by atoms with Gasteiger partial charge in [-0.2, -0.15) is 0 Å². The van der Waals surface area contributed by atoms with Gasteiger partial charge in [-0.1, -0.05) is 12.5 Å². The predicted octanol–water partition coefficient (Wildman–Crippen LogP) is 1.95. The Balaban J connectivity index is 1.48. The smallest absolute Gasteiger partial charge is 0.321 e. The number of benzene rings is 1. The van der Waals surface area contributed by atoms with Gasteiger partial charge in [0.1, 0.15) is 0 Å².